The third-order valence-electron chi connectivity index (χ3n) is 3.96. The topological polar surface area (TPSA) is 38.3 Å². The van der Waals surface area contributed by atoms with E-state index in [1.807, 2.05) is 55.5 Å². The maximum Gasteiger partial charge on any atom is 0.255 e. The molecule has 0 aliphatic heterocycles. The van der Waals surface area contributed by atoms with Crippen LogP contribution in [0.3, 0.4) is 0 Å². The highest BCUT2D eigenvalue weighted by Crippen LogP contribution is 2.22. The number of benzene rings is 3. The molecule has 0 fully saturated rings. The molecule has 3 nitrogen and oxygen atoms in total. The van der Waals surface area contributed by atoms with Crippen LogP contribution in [0.15, 0.2) is 72.8 Å². The highest BCUT2D eigenvalue weighted by molar-refractivity contribution is 6.04. The molecule has 0 spiro atoms. The fourth-order valence-electron chi connectivity index (χ4n) is 2.52. The van der Waals surface area contributed by atoms with Gasteiger partial charge in [0.1, 0.15) is 11.5 Å². The van der Waals surface area contributed by atoms with Crippen LogP contribution in [0.25, 0.3) is 0 Å². The van der Waals surface area contributed by atoms with E-state index >= 15 is 0 Å². The summed E-state index contributed by atoms with van der Waals surface area (Å²) in [6, 6.07) is 22.9. The lowest BCUT2D eigenvalue weighted by Crippen LogP contribution is -2.11. The van der Waals surface area contributed by atoms with Crippen molar-refractivity contribution in [1.29, 1.82) is 0 Å². The third kappa shape index (κ3) is 4.48. The van der Waals surface area contributed by atoms with Gasteiger partial charge in [0.2, 0.25) is 0 Å². The highest BCUT2D eigenvalue weighted by Gasteiger charge is 2.07. The largest absolute Gasteiger partial charge is 0.457 e. The van der Waals surface area contributed by atoms with E-state index in [0.29, 0.717) is 11.3 Å². The minimum absolute atomic E-state index is 0.133. The Balaban J connectivity index is 1.65. The van der Waals surface area contributed by atoms with Gasteiger partial charge in [-0.2, -0.15) is 0 Å². The number of nitrogens with one attached hydrogen (secondary N) is 1. The number of amides is 1. The molecule has 0 saturated heterocycles. The molecule has 0 unspecified atom stereocenters. The molecule has 3 aromatic rings. The van der Waals surface area contributed by atoms with E-state index in [0.717, 1.165) is 23.4 Å². The Morgan fingerprint density at radius 1 is 0.920 bits per heavy atom. The lowest BCUT2D eigenvalue weighted by molar-refractivity contribution is 0.102. The minimum atomic E-state index is -0.133. The van der Waals surface area contributed by atoms with E-state index < -0.39 is 0 Å². The molecule has 3 aromatic carbocycles. The van der Waals surface area contributed by atoms with E-state index in [9.17, 15) is 4.79 Å². The molecule has 0 bridgehead atoms. The van der Waals surface area contributed by atoms with Crippen molar-refractivity contribution >= 4 is 11.6 Å². The van der Waals surface area contributed by atoms with Crippen molar-refractivity contribution in [2.75, 3.05) is 5.32 Å². The first-order valence-corrected chi connectivity index (χ1v) is 8.39. The zero-order chi connectivity index (χ0) is 17.6. The molecule has 0 atom stereocenters. The average Bonchev–Trinajstić information content (AvgIpc) is 2.63. The van der Waals surface area contributed by atoms with Crippen molar-refractivity contribution in [1.82, 2.24) is 0 Å². The van der Waals surface area contributed by atoms with Gasteiger partial charge in [0, 0.05) is 11.3 Å². The Morgan fingerprint density at radius 3 is 2.28 bits per heavy atom. The fraction of sp³-hybridized carbons (Fsp3) is 0.136. The second-order valence-electron chi connectivity index (χ2n) is 5.95. The molecule has 3 heteroatoms. The maximum absolute atomic E-state index is 12.3. The average molecular weight is 331 g/mol. The number of anilines is 1. The van der Waals surface area contributed by atoms with Gasteiger partial charge in [-0.05, 0) is 73.0 Å². The van der Waals surface area contributed by atoms with Crippen molar-refractivity contribution < 1.29 is 9.53 Å². The number of hydrogen-bond donors (Lipinski definition) is 1. The van der Waals surface area contributed by atoms with Crippen LogP contribution < -0.4 is 10.1 Å². The molecule has 0 aliphatic carbocycles. The summed E-state index contributed by atoms with van der Waals surface area (Å²) < 4.78 is 5.81. The second-order valence-corrected chi connectivity index (χ2v) is 5.95. The molecule has 1 N–H and O–H groups in total. The van der Waals surface area contributed by atoms with Crippen LogP contribution in [0.2, 0.25) is 0 Å². The molecule has 0 saturated carbocycles. The monoisotopic (exact) mass is 331 g/mol. The van der Waals surface area contributed by atoms with Crippen LogP contribution in [0.5, 0.6) is 11.5 Å². The number of aryl methyl sites for hydroxylation is 2. The van der Waals surface area contributed by atoms with Crippen LogP contribution in [-0.4, -0.2) is 5.91 Å². The summed E-state index contributed by atoms with van der Waals surface area (Å²) in [5, 5.41) is 2.91. The zero-order valence-electron chi connectivity index (χ0n) is 14.5. The summed E-state index contributed by atoms with van der Waals surface area (Å²) in [7, 11) is 0. The molecule has 0 aliphatic rings. The van der Waals surface area contributed by atoms with Gasteiger partial charge in [0.15, 0.2) is 0 Å². The van der Waals surface area contributed by atoms with Gasteiger partial charge in [-0.25, -0.2) is 0 Å². The molecular formula is C22H21NO2. The van der Waals surface area contributed by atoms with Crippen LogP contribution in [-0.2, 0) is 6.42 Å². The SMILES string of the molecule is CCc1ccc(NC(=O)c2ccc(Oc3cccc(C)c3)cc2)cc1. The van der Waals surface area contributed by atoms with Crippen molar-refractivity contribution in [2.24, 2.45) is 0 Å². The van der Waals surface area contributed by atoms with E-state index in [1.54, 1.807) is 24.3 Å². The number of ether oxygens (including phenoxy) is 1. The smallest absolute Gasteiger partial charge is 0.255 e. The van der Waals surface area contributed by atoms with E-state index in [-0.39, 0.29) is 5.91 Å². The van der Waals surface area contributed by atoms with Crippen molar-refractivity contribution in [3.63, 3.8) is 0 Å². The number of carbonyl (C=O) groups excluding carboxylic acids is 1. The lowest BCUT2D eigenvalue weighted by Gasteiger charge is -2.08. The molecule has 126 valence electrons. The van der Waals surface area contributed by atoms with Crippen LogP contribution in [0.1, 0.15) is 28.4 Å². The molecule has 0 heterocycles. The number of carbonyl (C=O) groups is 1. The quantitative estimate of drug-likeness (QED) is 0.660. The molecule has 25 heavy (non-hydrogen) atoms. The van der Waals surface area contributed by atoms with Crippen LogP contribution >= 0.6 is 0 Å². The van der Waals surface area contributed by atoms with Gasteiger partial charge in [-0.3, -0.25) is 4.79 Å². The van der Waals surface area contributed by atoms with Crippen LogP contribution in [0.4, 0.5) is 5.69 Å². The molecular weight excluding hydrogens is 310 g/mol. The van der Waals surface area contributed by atoms with Gasteiger partial charge in [-0.15, -0.1) is 0 Å². The Bertz CT molecular complexity index is 852. The first-order chi connectivity index (χ1) is 12.1. The summed E-state index contributed by atoms with van der Waals surface area (Å²) in [6.07, 6.45) is 0.983. The van der Waals surface area contributed by atoms with Gasteiger partial charge in [-0.1, -0.05) is 31.2 Å². The van der Waals surface area contributed by atoms with E-state index in [2.05, 4.69) is 12.2 Å². The first-order valence-electron chi connectivity index (χ1n) is 8.39. The van der Waals surface area contributed by atoms with Gasteiger partial charge >= 0.3 is 0 Å². The number of hydrogen-bond acceptors (Lipinski definition) is 2. The third-order valence-corrected chi connectivity index (χ3v) is 3.96. The number of rotatable bonds is 5. The Hall–Kier alpha value is -3.07. The summed E-state index contributed by atoms with van der Waals surface area (Å²) in [5.74, 6) is 1.36. The van der Waals surface area contributed by atoms with Gasteiger partial charge < -0.3 is 10.1 Å². The van der Waals surface area contributed by atoms with Gasteiger partial charge in [0.25, 0.3) is 5.91 Å². The molecule has 0 radical (unpaired) electrons. The predicted octanol–water partition coefficient (Wildman–Crippen LogP) is 5.60. The summed E-state index contributed by atoms with van der Waals surface area (Å²) >= 11 is 0. The second kappa shape index (κ2) is 7.67. The standard InChI is InChI=1S/C22H21NO2/c1-3-17-7-11-19(12-8-17)23-22(24)18-9-13-20(14-10-18)25-21-6-4-5-16(2)15-21/h4-15H,3H2,1-2H3,(H,23,24). The van der Waals surface area contributed by atoms with Crippen molar-refractivity contribution in [3.05, 3.63) is 89.5 Å². The minimum Gasteiger partial charge on any atom is -0.457 e. The van der Waals surface area contributed by atoms with E-state index in [1.165, 1.54) is 5.56 Å². The summed E-state index contributed by atoms with van der Waals surface area (Å²) in [5.41, 5.74) is 3.77. The molecule has 0 aromatic heterocycles. The van der Waals surface area contributed by atoms with Crippen molar-refractivity contribution in [2.45, 2.75) is 20.3 Å². The Kier molecular flexibility index (Phi) is 5.14. The Labute approximate surface area is 148 Å². The maximum atomic E-state index is 12.3. The van der Waals surface area contributed by atoms with Gasteiger partial charge in [0.05, 0.1) is 0 Å². The van der Waals surface area contributed by atoms with Crippen molar-refractivity contribution in [3.8, 4) is 11.5 Å². The molecule has 3 rings (SSSR count). The summed E-state index contributed by atoms with van der Waals surface area (Å²) in [6.45, 7) is 4.13. The van der Waals surface area contributed by atoms with E-state index in [4.69, 9.17) is 4.74 Å². The normalized spacial score (nSPS) is 10.3. The lowest BCUT2D eigenvalue weighted by atomic mass is 10.1. The predicted molar refractivity (Wildman–Crippen MR) is 101 cm³/mol. The summed E-state index contributed by atoms with van der Waals surface area (Å²) in [4.78, 5) is 12.3. The Morgan fingerprint density at radius 2 is 1.64 bits per heavy atom. The van der Waals surface area contributed by atoms with Crippen LogP contribution in [0, 0.1) is 6.92 Å². The highest BCUT2D eigenvalue weighted by atomic mass is 16.5. The fourth-order valence-corrected chi connectivity index (χ4v) is 2.52. The zero-order valence-corrected chi connectivity index (χ0v) is 14.5. The molecule has 1 amide bonds. The first kappa shape index (κ1) is 16.8.